The normalized spacial score (nSPS) is 17.3. The summed E-state index contributed by atoms with van der Waals surface area (Å²) < 4.78 is 19.4. The molecule has 0 saturated carbocycles. The Morgan fingerprint density at radius 2 is 1.83 bits per heavy atom. The maximum atomic E-state index is 13.6. The number of carbonyl (C=O) groups is 2. The molecule has 1 saturated heterocycles. The third-order valence-electron chi connectivity index (χ3n) is 7.44. The SMILES string of the molecule is COc1ccc(CC2Sc3ccccc3N(CC(=O)NCCCN3CCN(c4ccc(F)cc4)CC3)C2=O)cc1Br. The minimum absolute atomic E-state index is 0.00441. The number of thioether (sulfide) groups is 1. The second-order valence-electron chi connectivity index (χ2n) is 10.2. The lowest BCUT2D eigenvalue weighted by Crippen LogP contribution is -2.48. The van der Waals surface area contributed by atoms with Crippen LogP contribution in [0.1, 0.15) is 12.0 Å². The highest BCUT2D eigenvalue weighted by molar-refractivity contribution is 9.10. The van der Waals surface area contributed by atoms with Gasteiger partial charge in [-0.15, -0.1) is 11.8 Å². The van der Waals surface area contributed by atoms with Gasteiger partial charge in [-0.25, -0.2) is 4.39 Å². The van der Waals surface area contributed by atoms with Crippen LogP contribution in [-0.4, -0.2) is 74.9 Å². The largest absolute Gasteiger partial charge is 0.496 e. The molecule has 216 valence electrons. The van der Waals surface area contributed by atoms with Crippen molar-refractivity contribution in [1.29, 1.82) is 0 Å². The fourth-order valence-electron chi connectivity index (χ4n) is 5.23. The van der Waals surface area contributed by atoms with Gasteiger partial charge < -0.3 is 19.9 Å². The zero-order valence-corrected chi connectivity index (χ0v) is 25.4. The predicted molar refractivity (Wildman–Crippen MR) is 166 cm³/mol. The maximum absolute atomic E-state index is 13.6. The first-order chi connectivity index (χ1) is 19.9. The topological polar surface area (TPSA) is 65.1 Å². The summed E-state index contributed by atoms with van der Waals surface area (Å²) >= 11 is 5.08. The van der Waals surface area contributed by atoms with Crippen LogP contribution in [0.3, 0.4) is 0 Å². The molecule has 3 aromatic rings. The van der Waals surface area contributed by atoms with Crippen LogP contribution >= 0.6 is 27.7 Å². The van der Waals surface area contributed by atoms with Crippen molar-refractivity contribution in [2.75, 3.05) is 62.7 Å². The van der Waals surface area contributed by atoms with Crippen molar-refractivity contribution in [2.45, 2.75) is 23.0 Å². The number of ether oxygens (including phenoxy) is 1. The number of nitrogens with zero attached hydrogens (tertiary/aromatic N) is 3. The number of nitrogens with one attached hydrogen (secondary N) is 1. The number of carbonyl (C=O) groups excluding carboxylic acids is 2. The van der Waals surface area contributed by atoms with E-state index >= 15 is 0 Å². The first kappa shape index (κ1) is 29.4. The first-order valence-electron chi connectivity index (χ1n) is 13.8. The number of rotatable bonds is 10. The van der Waals surface area contributed by atoms with Crippen molar-refractivity contribution >= 4 is 50.9 Å². The van der Waals surface area contributed by atoms with Gasteiger partial charge in [-0.3, -0.25) is 14.5 Å². The van der Waals surface area contributed by atoms with E-state index in [9.17, 15) is 14.0 Å². The first-order valence-corrected chi connectivity index (χ1v) is 15.5. The van der Waals surface area contributed by atoms with E-state index < -0.39 is 0 Å². The molecule has 5 rings (SSSR count). The lowest BCUT2D eigenvalue weighted by molar-refractivity contribution is -0.123. The number of piperazine rings is 1. The average Bonchev–Trinajstić information content (AvgIpc) is 2.98. The number of benzene rings is 3. The van der Waals surface area contributed by atoms with Gasteiger partial charge in [0.25, 0.3) is 0 Å². The van der Waals surface area contributed by atoms with Crippen LogP contribution in [0.2, 0.25) is 0 Å². The number of hydrogen-bond acceptors (Lipinski definition) is 6. The molecule has 2 amide bonds. The molecular weight excluding hydrogens is 607 g/mol. The van der Waals surface area contributed by atoms with Crippen LogP contribution in [0.5, 0.6) is 5.75 Å². The molecule has 1 fully saturated rings. The minimum Gasteiger partial charge on any atom is -0.496 e. The van der Waals surface area contributed by atoms with Gasteiger partial charge in [0.15, 0.2) is 0 Å². The second kappa shape index (κ2) is 13.7. The van der Waals surface area contributed by atoms with Crippen molar-refractivity contribution in [3.8, 4) is 5.75 Å². The molecule has 7 nitrogen and oxygen atoms in total. The van der Waals surface area contributed by atoms with E-state index in [1.807, 2.05) is 54.6 Å². The monoisotopic (exact) mass is 640 g/mol. The molecule has 1 N–H and O–H groups in total. The van der Waals surface area contributed by atoms with Gasteiger partial charge in [-0.1, -0.05) is 18.2 Å². The van der Waals surface area contributed by atoms with Crippen LogP contribution in [0.25, 0.3) is 0 Å². The molecule has 2 heterocycles. The number of amides is 2. The number of halogens is 2. The molecule has 0 aliphatic carbocycles. The van der Waals surface area contributed by atoms with Crippen LogP contribution in [-0.2, 0) is 16.0 Å². The molecule has 0 aromatic heterocycles. The maximum Gasteiger partial charge on any atom is 0.241 e. The van der Waals surface area contributed by atoms with Crippen molar-refractivity contribution in [1.82, 2.24) is 10.2 Å². The Morgan fingerprint density at radius 1 is 1.07 bits per heavy atom. The highest BCUT2D eigenvalue weighted by Crippen LogP contribution is 2.40. The summed E-state index contributed by atoms with van der Waals surface area (Å²) in [6, 6.07) is 20.2. The van der Waals surface area contributed by atoms with Gasteiger partial charge in [0.1, 0.15) is 18.1 Å². The molecule has 41 heavy (non-hydrogen) atoms. The summed E-state index contributed by atoms with van der Waals surface area (Å²) in [6.07, 6.45) is 1.38. The van der Waals surface area contributed by atoms with E-state index in [0.29, 0.717) is 13.0 Å². The molecule has 1 atom stereocenters. The van der Waals surface area contributed by atoms with E-state index in [2.05, 4.69) is 31.0 Å². The number of hydrogen-bond donors (Lipinski definition) is 1. The molecule has 0 spiro atoms. The summed E-state index contributed by atoms with van der Waals surface area (Å²) in [4.78, 5) is 33.8. The zero-order valence-electron chi connectivity index (χ0n) is 23.0. The third kappa shape index (κ3) is 7.42. The third-order valence-corrected chi connectivity index (χ3v) is 9.31. The zero-order chi connectivity index (χ0) is 28.8. The Hall–Kier alpha value is -3.08. The van der Waals surface area contributed by atoms with Crippen molar-refractivity contribution in [2.24, 2.45) is 0 Å². The standard InChI is InChI=1S/C31H34BrFN4O3S/c1-40-27-12-7-22(19-25(27)32)20-29-31(39)37(26-5-2-3-6-28(26)41-29)21-30(38)34-13-4-14-35-15-17-36(18-16-35)24-10-8-23(33)9-11-24/h2-3,5-12,19,29H,4,13-18,20-21H2,1H3,(H,34,38). The van der Waals surface area contributed by atoms with Crippen LogP contribution in [0.15, 0.2) is 76.1 Å². The van der Waals surface area contributed by atoms with Gasteiger partial charge >= 0.3 is 0 Å². The summed E-state index contributed by atoms with van der Waals surface area (Å²) in [5.74, 6) is 0.304. The number of para-hydroxylation sites is 1. The Kier molecular flexibility index (Phi) is 9.84. The molecule has 1 unspecified atom stereocenters. The van der Waals surface area contributed by atoms with Crippen molar-refractivity contribution in [3.63, 3.8) is 0 Å². The number of methoxy groups -OCH3 is 1. The summed E-state index contributed by atoms with van der Waals surface area (Å²) in [5, 5.41) is 2.69. The molecular formula is C31H34BrFN4O3S. The smallest absolute Gasteiger partial charge is 0.241 e. The van der Waals surface area contributed by atoms with Crippen LogP contribution < -0.4 is 19.9 Å². The lowest BCUT2D eigenvalue weighted by Gasteiger charge is -2.36. The molecule has 3 aromatic carbocycles. The van der Waals surface area contributed by atoms with E-state index in [-0.39, 0.29) is 29.4 Å². The summed E-state index contributed by atoms with van der Waals surface area (Å²) in [5.41, 5.74) is 2.85. The predicted octanol–water partition coefficient (Wildman–Crippen LogP) is 4.98. The quantitative estimate of drug-likeness (QED) is 0.316. The Balaban J connectivity index is 1.11. The molecule has 0 bridgehead atoms. The Bertz CT molecular complexity index is 1370. The molecule has 2 aliphatic rings. The average molecular weight is 642 g/mol. The van der Waals surface area contributed by atoms with Crippen LogP contribution in [0, 0.1) is 5.82 Å². The van der Waals surface area contributed by atoms with Gasteiger partial charge in [0, 0.05) is 43.3 Å². The lowest BCUT2D eigenvalue weighted by atomic mass is 10.1. The van der Waals surface area contributed by atoms with E-state index in [1.54, 1.807) is 23.8 Å². The van der Waals surface area contributed by atoms with E-state index in [1.165, 1.54) is 12.1 Å². The fraction of sp³-hybridized carbons (Fsp3) is 0.355. The highest BCUT2D eigenvalue weighted by Gasteiger charge is 2.34. The van der Waals surface area contributed by atoms with Crippen LogP contribution in [0.4, 0.5) is 15.8 Å². The minimum atomic E-state index is -0.327. The van der Waals surface area contributed by atoms with Gasteiger partial charge in [-0.2, -0.15) is 0 Å². The fourth-order valence-corrected chi connectivity index (χ4v) is 7.09. The van der Waals surface area contributed by atoms with Gasteiger partial charge in [0.05, 0.1) is 22.5 Å². The summed E-state index contributed by atoms with van der Waals surface area (Å²) in [7, 11) is 1.62. The number of anilines is 2. The Labute approximate surface area is 253 Å². The second-order valence-corrected chi connectivity index (χ2v) is 12.3. The van der Waals surface area contributed by atoms with E-state index in [4.69, 9.17) is 4.74 Å². The van der Waals surface area contributed by atoms with Crippen molar-refractivity contribution in [3.05, 3.63) is 82.6 Å². The van der Waals surface area contributed by atoms with Gasteiger partial charge in [0.2, 0.25) is 11.8 Å². The molecule has 0 radical (unpaired) electrons. The molecule has 10 heteroatoms. The molecule has 2 aliphatic heterocycles. The Morgan fingerprint density at radius 3 is 2.56 bits per heavy atom. The summed E-state index contributed by atoms with van der Waals surface area (Å²) in [6.45, 7) is 5.07. The number of fused-ring (bicyclic) bond motifs is 1. The highest BCUT2D eigenvalue weighted by atomic mass is 79.9. The van der Waals surface area contributed by atoms with Gasteiger partial charge in [-0.05, 0) is 89.4 Å². The van der Waals surface area contributed by atoms with Crippen molar-refractivity contribution < 1.29 is 18.7 Å². The van der Waals surface area contributed by atoms with E-state index in [0.717, 1.165) is 71.2 Å².